The van der Waals surface area contributed by atoms with Crippen molar-refractivity contribution in [1.82, 2.24) is 0 Å². The van der Waals surface area contributed by atoms with Crippen molar-refractivity contribution in [3.05, 3.63) is 46.0 Å². The third kappa shape index (κ3) is 4.26. The molecular weight excluding hydrogens is 272 g/mol. The number of hydrogen-bond acceptors (Lipinski definition) is 4. The topological polar surface area (TPSA) is 83.7 Å². The van der Waals surface area contributed by atoms with Crippen LogP contribution in [-0.4, -0.2) is 29.1 Å². The van der Waals surface area contributed by atoms with E-state index < -0.39 is 10.9 Å². The third-order valence-corrected chi connectivity index (χ3v) is 2.76. The van der Waals surface area contributed by atoms with Crippen molar-refractivity contribution in [2.45, 2.75) is 6.42 Å². The highest BCUT2D eigenvalue weighted by Crippen LogP contribution is 2.29. The van der Waals surface area contributed by atoms with E-state index in [9.17, 15) is 14.9 Å². The Bertz CT molecular complexity index is 505. The smallest absolute Gasteiger partial charge is 0.305 e. The molecule has 1 N–H and O–H groups in total. The van der Waals surface area contributed by atoms with Crippen LogP contribution in [0.25, 0.3) is 0 Å². The number of carboxylic acid groups (broad SMARTS) is 1. The van der Waals surface area contributed by atoms with Crippen LogP contribution in [0.4, 0.5) is 11.4 Å². The zero-order chi connectivity index (χ0) is 14.4. The molecule has 0 aliphatic rings. The highest BCUT2D eigenvalue weighted by atomic mass is 35.5. The van der Waals surface area contributed by atoms with Crippen LogP contribution in [0, 0.1) is 10.1 Å². The number of carbonyl (C=O) groups is 1. The largest absolute Gasteiger partial charge is 0.481 e. The van der Waals surface area contributed by atoms with Crippen LogP contribution in [0.1, 0.15) is 6.42 Å². The van der Waals surface area contributed by atoms with Gasteiger partial charge in [0.25, 0.3) is 5.69 Å². The van der Waals surface area contributed by atoms with E-state index in [0.717, 1.165) is 0 Å². The first-order chi connectivity index (χ1) is 8.95. The van der Waals surface area contributed by atoms with Gasteiger partial charge in [-0.25, -0.2) is 0 Å². The van der Waals surface area contributed by atoms with Gasteiger partial charge in [-0.3, -0.25) is 14.9 Å². The van der Waals surface area contributed by atoms with Crippen LogP contribution in [0.2, 0.25) is 5.02 Å². The lowest BCUT2D eigenvalue weighted by atomic mass is 10.2. The lowest BCUT2D eigenvalue weighted by Crippen LogP contribution is -2.26. The van der Waals surface area contributed by atoms with Crippen molar-refractivity contribution in [2.75, 3.05) is 18.0 Å². The van der Waals surface area contributed by atoms with Crippen LogP contribution in [0.15, 0.2) is 30.9 Å². The van der Waals surface area contributed by atoms with Crippen molar-refractivity contribution < 1.29 is 14.8 Å². The Morgan fingerprint density at radius 1 is 1.58 bits per heavy atom. The first-order valence-corrected chi connectivity index (χ1v) is 5.85. The minimum atomic E-state index is -0.933. The van der Waals surface area contributed by atoms with Crippen LogP contribution in [0.3, 0.4) is 0 Å². The van der Waals surface area contributed by atoms with E-state index in [4.69, 9.17) is 16.7 Å². The summed E-state index contributed by atoms with van der Waals surface area (Å²) in [4.78, 5) is 22.5. The molecule has 0 aliphatic heterocycles. The van der Waals surface area contributed by atoms with Gasteiger partial charge in [-0.05, 0) is 12.1 Å². The van der Waals surface area contributed by atoms with E-state index in [0.29, 0.717) is 12.2 Å². The molecule has 0 fully saturated rings. The highest BCUT2D eigenvalue weighted by Gasteiger charge is 2.16. The highest BCUT2D eigenvalue weighted by molar-refractivity contribution is 6.32. The molecule has 0 unspecified atom stereocenters. The number of halogens is 1. The Hall–Kier alpha value is -2.08. The third-order valence-electron chi connectivity index (χ3n) is 2.44. The summed E-state index contributed by atoms with van der Waals surface area (Å²) in [6.45, 7) is 4.21. The van der Waals surface area contributed by atoms with Crippen molar-refractivity contribution >= 4 is 28.9 Å². The molecule has 7 heteroatoms. The van der Waals surface area contributed by atoms with E-state index in [2.05, 4.69) is 6.58 Å². The molecule has 0 radical (unpaired) electrons. The van der Waals surface area contributed by atoms with Crippen LogP contribution in [-0.2, 0) is 4.79 Å². The van der Waals surface area contributed by atoms with Gasteiger partial charge in [0.05, 0.1) is 11.3 Å². The van der Waals surface area contributed by atoms with Gasteiger partial charge in [0.1, 0.15) is 5.02 Å². The minimum Gasteiger partial charge on any atom is -0.481 e. The molecule has 0 saturated carbocycles. The number of aliphatic carboxylic acids is 1. The predicted molar refractivity (Wildman–Crippen MR) is 72.8 cm³/mol. The summed E-state index contributed by atoms with van der Waals surface area (Å²) in [5.41, 5.74) is 0.334. The van der Waals surface area contributed by atoms with Crippen LogP contribution < -0.4 is 4.90 Å². The fourth-order valence-electron chi connectivity index (χ4n) is 1.55. The molecule has 0 spiro atoms. The first kappa shape index (κ1) is 15.0. The summed E-state index contributed by atoms with van der Waals surface area (Å²) in [5, 5.41) is 19.5. The number of anilines is 1. The number of nitrogens with zero attached hydrogens (tertiary/aromatic N) is 2. The van der Waals surface area contributed by atoms with E-state index in [1.165, 1.54) is 12.1 Å². The lowest BCUT2D eigenvalue weighted by molar-refractivity contribution is -0.384. The molecule has 0 amide bonds. The van der Waals surface area contributed by atoms with Gasteiger partial charge in [-0.2, -0.15) is 0 Å². The number of nitro benzene ring substituents is 1. The Morgan fingerprint density at radius 2 is 2.26 bits per heavy atom. The van der Waals surface area contributed by atoms with Crippen molar-refractivity contribution in [3.8, 4) is 0 Å². The van der Waals surface area contributed by atoms with Crippen molar-refractivity contribution in [1.29, 1.82) is 0 Å². The molecule has 1 aromatic rings. The summed E-state index contributed by atoms with van der Waals surface area (Å²) in [6.07, 6.45) is 1.53. The quantitative estimate of drug-likeness (QED) is 0.473. The number of carboxylic acids is 1. The van der Waals surface area contributed by atoms with Gasteiger partial charge in [-0.1, -0.05) is 17.7 Å². The molecule has 0 bridgehead atoms. The summed E-state index contributed by atoms with van der Waals surface area (Å²) in [6, 6.07) is 4.36. The second kappa shape index (κ2) is 6.75. The molecule has 1 rings (SSSR count). The number of benzene rings is 1. The molecule has 0 aliphatic carbocycles. The fraction of sp³-hybridized carbons (Fsp3) is 0.250. The van der Waals surface area contributed by atoms with Gasteiger partial charge < -0.3 is 10.0 Å². The average molecular weight is 285 g/mol. The molecule has 19 heavy (non-hydrogen) atoms. The van der Waals surface area contributed by atoms with Crippen LogP contribution >= 0.6 is 11.6 Å². The maximum Gasteiger partial charge on any atom is 0.305 e. The molecule has 102 valence electrons. The Morgan fingerprint density at radius 3 is 2.79 bits per heavy atom. The molecular formula is C12H13ClN2O4. The maximum atomic E-state index is 10.8. The van der Waals surface area contributed by atoms with Gasteiger partial charge in [0.15, 0.2) is 0 Å². The Kier molecular flexibility index (Phi) is 5.32. The molecule has 0 heterocycles. The molecule has 0 saturated heterocycles. The zero-order valence-corrected chi connectivity index (χ0v) is 10.8. The molecule has 6 nitrogen and oxygen atoms in total. The Balaban J connectivity index is 3.01. The summed E-state index contributed by atoms with van der Waals surface area (Å²) in [7, 11) is 0. The number of nitro groups is 1. The lowest BCUT2D eigenvalue weighted by Gasteiger charge is -2.22. The fourth-order valence-corrected chi connectivity index (χ4v) is 1.74. The molecule has 0 atom stereocenters. The molecule has 0 aromatic heterocycles. The van der Waals surface area contributed by atoms with Gasteiger partial charge in [-0.15, -0.1) is 6.58 Å². The summed E-state index contributed by atoms with van der Waals surface area (Å²) in [5.74, 6) is -0.933. The van der Waals surface area contributed by atoms with Gasteiger partial charge in [0.2, 0.25) is 0 Å². The SMILES string of the molecule is C=CCN(CCC(=O)O)c1ccc(Cl)c([N+](=O)[O-])c1. The predicted octanol–water partition coefficient (Wildman–Crippen LogP) is 2.72. The Labute approximate surface area is 115 Å². The van der Waals surface area contributed by atoms with Crippen molar-refractivity contribution in [3.63, 3.8) is 0 Å². The summed E-state index contributed by atoms with van der Waals surface area (Å²) < 4.78 is 0. The number of hydrogen-bond donors (Lipinski definition) is 1. The van der Waals surface area contributed by atoms with E-state index in [1.807, 2.05) is 0 Å². The van der Waals surface area contributed by atoms with E-state index in [-0.39, 0.29) is 23.7 Å². The monoisotopic (exact) mass is 284 g/mol. The maximum absolute atomic E-state index is 10.8. The number of rotatable bonds is 7. The second-order valence-corrected chi connectivity index (χ2v) is 4.18. The van der Waals surface area contributed by atoms with Crippen LogP contribution in [0.5, 0.6) is 0 Å². The average Bonchev–Trinajstić information content (AvgIpc) is 2.34. The standard InChI is InChI=1S/C12H13ClN2O4/c1-2-6-14(7-5-12(16)17)9-3-4-10(13)11(8-9)15(18)19/h2-4,8H,1,5-7H2,(H,16,17). The second-order valence-electron chi connectivity index (χ2n) is 3.77. The van der Waals surface area contributed by atoms with Crippen molar-refractivity contribution in [2.24, 2.45) is 0 Å². The molecule has 1 aromatic carbocycles. The normalized spacial score (nSPS) is 9.95. The van der Waals surface area contributed by atoms with E-state index >= 15 is 0 Å². The first-order valence-electron chi connectivity index (χ1n) is 5.47. The van der Waals surface area contributed by atoms with Gasteiger partial charge >= 0.3 is 5.97 Å². The van der Waals surface area contributed by atoms with E-state index in [1.54, 1.807) is 17.0 Å². The van der Waals surface area contributed by atoms with Gasteiger partial charge in [0, 0.05) is 24.8 Å². The minimum absolute atomic E-state index is 0.0468. The zero-order valence-electron chi connectivity index (χ0n) is 10.1. The summed E-state index contributed by atoms with van der Waals surface area (Å²) >= 11 is 5.73.